The highest BCUT2D eigenvalue weighted by atomic mass is 32.1. The number of hydrogen-bond acceptors (Lipinski definition) is 6. The normalized spacial score (nSPS) is 10.6. The van der Waals surface area contributed by atoms with Crippen LogP contribution in [-0.2, 0) is 11.3 Å². The van der Waals surface area contributed by atoms with E-state index in [9.17, 15) is 9.59 Å². The fourth-order valence-electron chi connectivity index (χ4n) is 2.95. The highest BCUT2D eigenvalue weighted by Gasteiger charge is 2.27. The van der Waals surface area contributed by atoms with Crippen LogP contribution in [0.25, 0.3) is 0 Å². The lowest BCUT2D eigenvalue weighted by atomic mass is 10.1. The molecule has 0 saturated carbocycles. The number of carbonyl (C=O) groups excluding carboxylic acids is 2. The molecule has 0 atom stereocenters. The van der Waals surface area contributed by atoms with Gasteiger partial charge in [-0.3, -0.25) is 9.48 Å². The summed E-state index contributed by atoms with van der Waals surface area (Å²) >= 11 is 6.62. The Labute approximate surface area is 180 Å². The topological polar surface area (TPSA) is 88.5 Å². The summed E-state index contributed by atoms with van der Waals surface area (Å²) in [5.41, 5.74) is 2.62. The standard InChI is InChI=1S/C19H27N5O3S2/c1-7-23(8-2)17(25)15-11(4)14(18(26)27-6)16(29-15)22-19(28)21-13-10-20-24(9-3)12(13)5/h10H,7-9H2,1-6H3,(H2,21,22,28). The molecule has 0 saturated heterocycles. The number of rotatable bonds is 7. The van der Waals surface area contributed by atoms with Crippen molar-refractivity contribution in [3.05, 3.63) is 27.9 Å². The summed E-state index contributed by atoms with van der Waals surface area (Å²) in [7, 11) is 1.31. The van der Waals surface area contributed by atoms with Gasteiger partial charge >= 0.3 is 5.97 Å². The van der Waals surface area contributed by atoms with Crippen LogP contribution in [0.1, 0.15) is 52.1 Å². The first-order valence-electron chi connectivity index (χ1n) is 9.40. The molecule has 0 aliphatic rings. The molecule has 29 heavy (non-hydrogen) atoms. The average molecular weight is 438 g/mol. The lowest BCUT2D eigenvalue weighted by Gasteiger charge is -2.17. The Morgan fingerprint density at radius 2 is 1.90 bits per heavy atom. The number of aryl methyl sites for hydroxylation is 1. The second-order valence-electron chi connectivity index (χ2n) is 6.27. The van der Waals surface area contributed by atoms with E-state index in [4.69, 9.17) is 17.0 Å². The summed E-state index contributed by atoms with van der Waals surface area (Å²) < 4.78 is 6.77. The minimum Gasteiger partial charge on any atom is -0.465 e. The molecule has 2 N–H and O–H groups in total. The van der Waals surface area contributed by atoms with E-state index in [1.54, 1.807) is 18.0 Å². The molecule has 0 fully saturated rings. The summed E-state index contributed by atoms with van der Waals surface area (Å²) in [6.45, 7) is 11.5. The number of thiocarbonyl (C=S) groups is 1. The predicted octanol–water partition coefficient (Wildman–Crippen LogP) is 3.66. The second kappa shape index (κ2) is 9.84. The molecule has 10 heteroatoms. The van der Waals surface area contributed by atoms with Gasteiger partial charge in [0.25, 0.3) is 5.91 Å². The van der Waals surface area contributed by atoms with Crippen molar-refractivity contribution in [2.75, 3.05) is 30.8 Å². The van der Waals surface area contributed by atoms with Gasteiger partial charge in [-0.2, -0.15) is 5.10 Å². The molecule has 2 rings (SSSR count). The number of aromatic nitrogens is 2. The average Bonchev–Trinajstić information content (AvgIpc) is 3.21. The van der Waals surface area contributed by atoms with E-state index in [1.807, 2.05) is 32.4 Å². The third kappa shape index (κ3) is 4.76. The number of hydrogen-bond donors (Lipinski definition) is 2. The van der Waals surface area contributed by atoms with Crippen molar-refractivity contribution < 1.29 is 14.3 Å². The van der Waals surface area contributed by atoms with Crippen LogP contribution in [0.5, 0.6) is 0 Å². The van der Waals surface area contributed by atoms with Crippen LogP contribution in [0.2, 0.25) is 0 Å². The van der Waals surface area contributed by atoms with E-state index in [0.717, 1.165) is 17.9 Å². The monoisotopic (exact) mass is 437 g/mol. The predicted molar refractivity (Wildman–Crippen MR) is 120 cm³/mol. The van der Waals surface area contributed by atoms with Gasteiger partial charge in [0.2, 0.25) is 0 Å². The maximum absolute atomic E-state index is 12.9. The Morgan fingerprint density at radius 3 is 2.41 bits per heavy atom. The molecule has 0 unspecified atom stereocenters. The Morgan fingerprint density at radius 1 is 1.24 bits per heavy atom. The Hall–Kier alpha value is -2.46. The number of nitrogens with zero attached hydrogens (tertiary/aromatic N) is 3. The van der Waals surface area contributed by atoms with Gasteiger partial charge in [-0.15, -0.1) is 11.3 Å². The van der Waals surface area contributed by atoms with Crippen LogP contribution in [0.3, 0.4) is 0 Å². The van der Waals surface area contributed by atoms with Gasteiger partial charge in [-0.1, -0.05) is 0 Å². The third-order valence-corrected chi connectivity index (χ3v) is 6.06. The van der Waals surface area contributed by atoms with E-state index in [0.29, 0.717) is 39.2 Å². The number of nitrogens with one attached hydrogen (secondary N) is 2. The Kier molecular flexibility index (Phi) is 7.74. The quantitative estimate of drug-likeness (QED) is 0.505. The van der Waals surface area contributed by atoms with Crippen molar-refractivity contribution in [1.29, 1.82) is 0 Å². The first-order valence-corrected chi connectivity index (χ1v) is 10.6. The molecular weight excluding hydrogens is 410 g/mol. The molecule has 0 bridgehead atoms. The first-order chi connectivity index (χ1) is 13.8. The molecule has 0 aromatic carbocycles. The molecule has 2 heterocycles. The molecule has 1 amide bonds. The maximum atomic E-state index is 12.9. The number of amides is 1. The van der Waals surface area contributed by atoms with Gasteiger partial charge in [-0.05, 0) is 52.4 Å². The number of esters is 1. The Bertz CT molecular complexity index is 915. The van der Waals surface area contributed by atoms with Crippen molar-refractivity contribution in [1.82, 2.24) is 14.7 Å². The van der Waals surface area contributed by atoms with Crippen LogP contribution >= 0.6 is 23.6 Å². The first kappa shape index (κ1) is 22.8. The largest absolute Gasteiger partial charge is 0.465 e. The lowest BCUT2D eigenvalue weighted by Crippen LogP contribution is -2.30. The van der Waals surface area contributed by atoms with Crippen LogP contribution in [0, 0.1) is 13.8 Å². The second-order valence-corrected chi connectivity index (χ2v) is 7.70. The summed E-state index contributed by atoms with van der Waals surface area (Å²) in [6, 6.07) is 0. The van der Waals surface area contributed by atoms with Crippen LogP contribution in [0.4, 0.5) is 10.7 Å². The number of anilines is 2. The molecule has 158 valence electrons. The van der Waals surface area contributed by atoms with Gasteiger partial charge < -0.3 is 20.3 Å². The van der Waals surface area contributed by atoms with Crippen molar-refractivity contribution >= 4 is 51.2 Å². The maximum Gasteiger partial charge on any atom is 0.341 e. The molecule has 8 nitrogen and oxygen atoms in total. The Balaban J connectivity index is 2.34. The number of ether oxygens (including phenoxy) is 1. The highest BCUT2D eigenvalue weighted by Crippen LogP contribution is 2.34. The van der Waals surface area contributed by atoms with Crippen LogP contribution < -0.4 is 10.6 Å². The van der Waals surface area contributed by atoms with Crippen LogP contribution in [-0.4, -0.2) is 51.9 Å². The fraction of sp³-hybridized carbons (Fsp3) is 0.474. The smallest absolute Gasteiger partial charge is 0.341 e. The van der Waals surface area contributed by atoms with E-state index in [-0.39, 0.29) is 5.91 Å². The molecule has 2 aromatic heterocycles. The summed E-state index contributed by atoms with van der Waals surface area (Å²) in [5.74, 6) is -0.632. The van der Waals surface area contributed by atoms with E-state index >= 15 is 0 Å². The summed E-state index contributed by atoms with van der Waals surface area (Å²) in [6.07, 6.45) is 1.70. The molecule has 0 aliphatic carbocycles. The van der Waals surface area contributed by atoms with Crippen LogP contribution in [0.15, 0.2) is 6.20 Å². The summed E-state index contributed by atoms with van der Waals surface area (Å²) in [5, 5.41) is 11.2. The molecule has 0 aliphatic heterocycles. The molecule has 0 spiro atoms. The molecule has 2 aromatic rings. The van der Waals surface area contributed by atoms with Crippen molar-refractivity contribution in [3.63, 3.8) is 0 Å². The summed E-state index contributed by atoms with van der Waals surface area (Å²) in [4.78, 5) is 27.4. The lowest BCUT2D eigenvalue weighted by molar-refractivity contribution is 0.0601. The van der Waals surface area contributed by atoms with E-state index in [2.05, 4.69) is 15.7 Å². The SMILES string of the molecule is CCN(CC)C(=O)c1sc(NC(=S)Nc2cnn(CC)c2C)c(C(=O)OC)c1C. The zero-order chi connectivity index (χ0) is 21.7. The third-order valence-electron chi connectivity index (χ3n) is 4.66. The highest BCUT2D eigenvalue weighted by molar-refractivity contribution is 7.80. The molecular formula is C19H27N5O3S2. The molecule has 0 radical (unpaired) electrons. The fourth-order valence-corrected chi connectivity index (χ4v) is 4.40. The van der Waals surface area contributed by atoms with Gasteiger partial charge in [0.15, 0.2) is 5.11 Å². The minimum atomic E-state index is -0.516. The zero-order valence-corrected chi connectivity index (χ0v) is 19.2. The zero-order valence-electron chi connectivity index (χ0n) is 17.6. The van der Waals surface area contributed by atoms with E-state index in [1.165, 1.54) is 18.4 Å². The van der Waals surface area contributed by atoms with Gasteiger partial charge in [0.05, 0.1) is 35.1 Å². The van der Waals surface area contributed by atoms with Crippen molar-refractivity contribution in [2.45, 2.75) is 41.2 Å². The van der Waals surface area contributed by atoms with Crippen molar-refractivity contribution in [3.8, 4) is 0 Å². The number of carbonyl (C=O) groups is 2. The van der Waals surface area contributed by atoms with Gasteiger partial charge in [0.1, 0.15) is 5.00 Å². The minimum absolute atomic E-state index is 0.116. The number of methoxy groups -OCH3 is 1. The van der Waals surface area contributed by atoms with Gasteiger partial charge in [-0.25, -0.2) is 4.79 Å². The van der Waals surface area contributed by atoms with E-state index < -0.39 is 5.97 Å². The van der Waals surface area contributed by atoms with Gasteiger partial charge in [0, 0.05) is 19.6 Å². The van der Waals surface area contributed by atoms with Crippen molar-refractivity contribution in [2.24, 2.45) is 0 Å². The number of thiophene rings is 1.